The summed E-state index contributed by atoms with van der Waals surface area (Å²) in [6.07, 6.45) is 1.14. The molecule has 2 aromatic rings. The first-order chi connectivity index (χ1) is 9.22. The molecule has 0 amide bonds. The number of hydrogen-bond acceptors (Lipinski definition) is 4. The topological polar surface area (TPSA) is 45.9 Å². The fraction of sp³-hybridized carbons (Fsp3) is 0.286. The van der Waals surface area contributed by atoms with Crippen molar-refractivity contribution in [3.63, 3.8) is 0 Å². The van der Waals surface area contributed by atoms with E-state index in [-0.39, 0.29) is 0 Å². The van der Waals surface area contributed by atoms with E-state index in [0.717, 1.165) is 32.6 Å². The van der Waals surface area contributed by atoms with E-state index in [9.17, 15) is 0 Å². The molecule has 0 N–H and O–H groups in total. The minimum atomic E-state index is 0.386. The molecule has 0 fully saturated rings. The van der Waals surface area contributed by atoms with Gasteiger partial charge in [-0.2, -0.15) is 5.26 Å². The lowest BCUT2D eigenvalue weighted by Gasteiger charge is -1.97. The van der Waals surface area contributed by atoms with Crippen LogP contribution in [0.4, 0.5) is 0 Å². The largest absolute Gasteiger partial charge is 0.378 e. The lowest BCUT2D eigenvalue weighted by atomic mass is 10.2. The molecule has 0 spiro atoms. The summed E-state index contributed by atoms with van der Waals surface area (Å²) in [7, 11) is 1.63. The fourth-order valence-corrected chi connectivity index (χ4v) is 2.91. The molecule has 0 bridgehead atoms. The number of aromatic nitrogens is 1. The number of ether oxygens (including phenoxy) is 1. The van der Waals surface area contributed by atoms with Crippen LogP contribution in [0.5, 0.6) is 0 Å². The normalized spacial score (nSPS) is 10.4. The molecule has 1 aromatic carbocycles. The molecule has 1 heterocycles. The lowest BCUT2D eigenvalue weighted by molar-refractivity contribution is 0.181. The van der Waals surface area contributed by atoms with Crippen molar-refractivity contribution in [1.82, 2.24) is 4.98 Å². The van der Waals surface area contributed by atoms with Gasteiger partial charge in [0.1, 0.15) is 0 Å². The summed E-state index contributed by atoms with van der Waals surface area (Å²) in [5.74, 6) is 0. The average molecular weight is 293 g/mol. The first-order valence-corrected chi connectivity index (χ1v) is 7.00. The molecule has 0 aliphatic rings. The van der Waals surface area contributed by atoms with Gasteiger partial charge >= 0.3 is 0 Å². The molecular weight excluding hydrogens is 280 g/mol. The van der Waals surface area contributed by atoms with Gasteiger partial charge in [-0.1, -0.05) is 23.7 Å². The van der Waals surface area contributed by atoms with Gasteiger partial charge in [-0.25, -0.2) is 4.98 Å². The van der Waals surface area contributed by atoms with E-state index in [2.05, 4.69) is 11.1 Å². The molecule has 0 aliphatic carbocycles. The van der Waals surface area contributed by atoms with E-state index in [4.69, 9.17) is 21.6 Å². The van der Waals surface area contributed by atoms with Crippen LogP contribution in [-0.2, 0) is 24.2 Å². The molecule has 1 aromatic heterocycles. The second-order valence-corrected chi connectivity index (χ2v) is 5.65. The number of thiazole rings is 1. The van der Waals surface area contributed by atoms with Crippen LogP contribution in [0.25, 0.3) is 0 Å². The van der Waals surface area contributed by atoms with Crippen molar-refractivity contribution in [3.8, 4) is 6.07 Å². The molecule has 3 nitrogen and oxygen atoms in total. The van der Waals surface area contributed by atoms with Crippen molar-refractivity contribution in [2.24, 2.45) is 0 Å². The molecule has 0 saturated heterocycles. The quantitative estimate of drug-likeness (QED) is 0.846. The van der Waals surface area contributed by atoms with Crippen LogP contribution < -0.4 is 0 Å². The van der Waals surface area contributed by atoms with E-state index in [0.29, 0.717) is 13.0 Å². The molecule has 5 heteroatoms. The van der Waals surface area contributed by atoms with E-state index in [1.165, 1.54) is 0 Å². The summed E-state index contributed by atoms with van der Waals surface area (Å²) in [4.78, 5) is 5.54. The third-order valence-electron chi connectivity index (χ3n) is 2.61. The Morgan fingerprint density at radius 3 is 2.74 bits per heavy atom. The Morgan fingerprint density at radius 1 is 1.37 bits per heavy atom. The third kappa shape index (κ3) is 3.77. The van der Waals surface area contributed by atoms with E-state index >= 15 is 0 Å². The molecule has 0 aliphatic heterocycles. The van der Waals surface area contributed by atoms with Gasteiger partial charge in [-0.3, -0.25) is 0 Å². The Bertz CT molecular complexity index is 586. The van der Waals surface area contributed by atoms with Crippen LogP contribution in [0, 0.1) is 11.3 Å². The van der Waals surface area contributed by atoms with Gasteiger partial charge in [0.05, 0.1) is 29.8 Å². The summed E-state index contributed by atoms with van der Waals surface area (Å²) in [5, 5.41) is 10.5. The highest BCUT2D eigenvalue weighted by molar-refractivity contribution is 7.11. The van der Waals surface area contributed by atoms with Crippen molar-refractivity contribution in [1.29, 1.82) is 5.26 Å². The Labute approximate surface area is 121 Å². The number of halogens is 1. The predicted molar refractivity (Wildman–Crippen MR) is 76.4 cm³/mol. The summed E-state index contributed by atoms with van der Waals surface area (Å²) >= 11 is 7.44. The van der Waals surface area contributed by atoms with Gasteiger partial charge in [0.2, 0.25) is 0 Å². The van der Waals surface area contributed by atoms with Crippen LogP contribution in [0.1, 0.15) is 21.1 Å². The van der Waals surface area contributed by atoms with Crippen molar-refractivity contribution in [2.45, 2.75) is 19.4 Å². The monoisotopic (exact) mass is 292 g/mol. The van der Waals surface area contributed by atoms with Crippen LogP contribution in [0.3, 0.4) is 0 Å². The summed E-state index contributed by atoms with van der Waals surface area (Å²) < 4.78 is 5.11. The van der Waals surface area contributed by atoms with Gasteiger partial charge in [-0.05, 0) is 17.7 Å². The minimum absolute atomic E-state index is 0.386. The number of methoxy groups -OCH3 is 1. The van der Waals surface area contributed by atoms with Gasteiger partial charge in [0, 0.05) is 23.4 Å². The average Bonchev–Trinajstić information content (AvgIpc) is 2.75. The summed E-state index contributed by atoms with van der Waals surface area (Å²) in [6.45, 7) is 0.453. The maximum Gasteiger partial charge on any atom is 0.0976 e. The first-order valence-electron chi connectivity index (χ1n) is 5.80. The van der Waals surface area contributed by atoms with E-state index in [1.54, 1.807) is 18.4 Å². The SMILES string of the molecule is COCc1nc(Cc2ccc(Cl)cc2)sc1CC#N. The Hall–Kier alpha value is -1.41. The predicted octanol–water partition coefficient (Wildman–Crippen LogP) is 3.60. The van der Waals surface area contributed by atoms with Crippen molar-refractivity contribution >= 4 is 22.9 Å². The highest BCUT2D eigenvalue weighted by Gasteiger charge is 2.11. The Morgan fingerprint density at radius 2 is 2.11 bits per heavy atom. The van der Waals surface area contributed by atoms with Gasteiger partial charge in [0.25, 0.3) is 0 Å². The molecule has 0 unspecified atom stereocenters. The van der Waals surface area contributed by atoms with Crippen LogP contribution in [0.15, 0.2) is 24.3 Å². The van der Waals surface area contributed by atoms with Crippen LogP contribution >= 0.6 is 22.9 Å². The van der Waals surface area contributed by atoms with Crippen molar-refractivity contribution < 1.29 is 4.74 Å². The number of nitrogens with zero attached hydrogens (tertiary/aromatic N) is 2. The zero-order chi connectivity index (χ0) is 13.7. The smallest absolute Gasteiger partial charge is 0.0976 e. The number of hydrogen-bond donors (Lipinski definition) is 0. The van der Waals surface area contributed by atoms with Crippen molar-refractivity contribution in [3.05, 3.63) is 50.4 Å². The summed E-state index contributed by atoms with van der Waals surface area (Å²) in [5.41, 5.74) is 2.03. The number of benzene rings is 1. The van der Waals surface area contributed by atoms with Gasteiger partial charge in [-0.15, -0.1) is 11.3 Å². The first kappa shape index (κ1) is 14.0. The van der Waals surface area contributed by atoms with E-state index in [1.807, 2.05) is 24.3 Å². The summed E-state index contributed by atoms with van der Waals surface area (Å²) in [6, 6.07) is 9.89. The molecule has 0 saturated carbocycles. The molecular formula is C14H13ClN2OS. The highest BCUT2D eigenvalue weighted by atomic mass is 35.5. The number of nitriles is 1. The molecule has 19 heavy (non-hydrogen) atoms. The maximum absolute atomic E-state index is 8.82. The Balaban J connectivity index is 2.18. The standard InChI is InChI=1S/C14H13ClN2OS/c1-18-9-12-13(6-7-16)19-14(17-12)8-10-2-4-11(15)5-3-10/h2-5H,6,8-9H2,1H3. The highest BCUT2D eigenvalue weighted by Crippen LogP contribution is 2.23. The van der Waals surface area contributed by atoms with Crippen LogP contribution in [0.2, 0.25) is 5.02 Å². The van der Waals surface area contributed by atoms with Gasteiger partial charge < -0.3 is 4.74 Å². The van der Waals surface area contributed by atoms with Gasteiger partial charge in [0.15, 0.2) is 0 Å². The van der Waals surface area contributed by atoms with Crippen molar-refractivity contribution in [2.75, 3.05) is 7.11 Å². The Kier molecular flexibility index (Phi) is 4.92. The second-order valence-electron chi connectivity index (χ2n) is 4.05. The third-order valence-corrected chi connectivity index (χ3v) is 3.96. The minimum Gasteiger partial charge on any atom is -0.378 e. The lowest BCUT2D eigenvalue weighted by Crippen LogP contribution is -1.93. The molecule has 2 rings (SSSR count). The number of rotatable bonds is 5. The maximum atomic E-state index is 8.82. The molecule has 98 valence electrons. The fourth-order valence-electron chi connectivity index (χ4n) is 1.75. The second kappa shape index (κ2) is 6.67. The van der Waals surface area contributed by atoms with Crippen LogP contribution in [-0.4, -0.2) is 12.1 Å². The molecule has 0 radical (unpaired) electrons. The molecule has 0 atom stereocenters. The zero-order valence-electron chi connectivity index (χ0n) is 10.5. The van der Waals surface area contributed by atoms with E-state index < -0.39 is 0 Å². The zero-order valence-corrected chi connectivity index (χ0v) is 12.1.